The molecule has 1 aliphatic heterocycles. The number of likely N-dealkylation sites (N-methyl/N-ethyl adjacent to an activating group) is 4. The summed E-state index contributed by atoms with van der Waals surface area (Å²) in [6.07, 6.45) is -3.78. The lowest BCUT2D eigenvalue weighted by Crippen LogP contribution is -2.54. The van der Waals surface area contributed by atoms with Gasteiger partial charge >= 0.3 is 17.9 Å². The molecule has 1 heterocycles. The van der Waals surface area contributed by atoms with E-state index in [9.17, 15) is 38.4 Å². The molecule has 0 spiro atoms. The van der Waals surface area contributed by atoms with Crippen molar-refractivity contribution in [2.24, 2.45) is 29.6 Å². The number of esters is 3. The van der Waals surface area contributed by atoms with E-state index < -0.39 is 89.9 Å². The molecule has 15 nitrogen and oxygen atoms in total. The van der Waals surface area contributed by atoms with Crippen molar-refractivity contribution < 1.29 is 52.6 Å². The van der Waals surface area contributed by atoms with Gasteiger partial charge in [0.25, 0.3) is 17.7 Å². The van der Waals surface area contributed by atoms with E-state index in [0.717, 1.165) is 4.90 Å². The van der Waals surface area contributed by atoms with Crippen molar-refractivity contribution in [2.45, 2.75) is 171 Å². The second kappa shape index (κ2) is 26.8. The molecule has 1 saturated heterocycles. The molecular formula is C49H80N4O11. The lowest BCUT2D eigenvalue weighted by atomic mass is 9.92. The molecule has 1 fully saturated rings. The van der Waals surface area contributed by atoms with Crippen LogP contribution in [0.2, 0.25) is 0 Å². The molecule has 0 N–H and O–H groups in total. The first-order valence-corrected chi connectivity index (χ1v) is 23.0. The fourth-order valence-corrected chi connectivity index (χ4v) is 7.65. The van der Waals surface area contributed by atoms with E-state index in [4.69, 9.17) is 14.2 Å². The number of hydrogen-bond acceptors (Lipinski definition) is 11. The highest BCUT2D eigenvalue weighted by Gasteiger charge is 2.41. The Bertz CT molecular complexity index is 1700. The molecule has 64 heavy (non-hydrogen) atoms. The maximum Gasteiger partial charge on any atom is 0.329 e. The number of amides is 4. The van der Waals surface area contributed by atoms with Gasteiger partial charge in [-0.1, -0.05) is 106 Å². The lowest BCUT2D eigenvalue weighted by Gasteiger charge is -2.35. The van der Waals surface area contributed by atoms with Crippen molar-refractivity contribution >= 4 is 47.3 Å². The molecule has 0 aromatic heterocycles. The third-order valence-corrected chi connectivity index (χ3v) is 11.2. The van der Waals surface area contributed by atoms with Gasteiger partial charge in [-0.3, -0.25) is 24.0 Å². The number of rotatable bonds is 10. The van der Waals surface area contributed by atoms with Crippen LogP contribution >= 0.6 is 0 Å². The van der Waals surface area contributed by atoms with Crippen LogP contribution in [-0.2, 0) is 59.0 Å². The minimum Gasteiger partial charge on any atom is -0.451 e. The van der Waals surface area contributed by atoms with Crippen LogP contribution in [-0.4, -0.2) is 138 Å². The standard InChI is InChI=1S/C47H74N4O11.C2H6/c1-27(2)21-35-39(52)25-31(9)41(53)49(13)38(24-30(7)8)47(59)62-40(26-34-19-17-16-18-20-34)44(56)51(15)37(23-29(5)6)46(58)61-33(11)43(55)50(14)36(22-28(3)4)45(57)60-32(10)42(54)48(35)12;1-2/h16-20,27-33,35-38,40H,21-26H2,1-15H3;1-2H3. The van der Waals surface area contributed by atoms with Crippen LogP contribution in [0.4, 0.5) is 0 Å². The van der Waals surface area contributed by atoms with Crippen LogP contribution in [0, 0.1) is 29.6 Å². The zero-order valence-corrected chi connectivity index (χ0v) is 41.8. The van der Waals surface area contributed by atoms with E-state index in [1.165, 1.54) is 56.7 Å². The fourth-order valence-electron chi connectivity index (χ4n) is 7.65. The maximum atomic E-state index is 14.5. The quantitative estimate of drug-likeness (QED) is 0.195. The highest BCUT2D eigenvalue weighted by atomic mass is 16.6. The first-order chi connectivity index (χ1) is 29.8. The monoisotopic (exact) mass is 901 g/mol. The Labute approximate surface area is 383 Å². The minimum atomic E-state index is -1.43. The maximum absolute atomic E-state index is 14.5. The third kappa shape index (κ3) is 17.0. The van der Waals surface area contributed by atoms with Gasteiger partial charge in [-0.2, -0.15) is 0 Å². The van der Waals surface area contributed by atoms with Gasteiger partial charge < -0.3 is 33.8 Å². The van der Waals surface area contributed by atoms with Crippen LogP contribution in [0.1, 0.15) is 128 Å². The Morgan fingerprint density at radius 2 is 0.812 bits per heavy atom. The summed E-state index contributed by atoms with van der Waals surface area (Å²) >= 11 is 0. The second-order valence-corrected chi connectivity index (χ2v) is 18.7. The highest BCUT2D eigenvalue weighted by molar-refractivity contribution is 5.96. The minimum absolute atomic E-state index is 0.0415. The molecule has 0 bridgehead atoms. The number of nitrogens with zero attached hydrogens (tertiary/aromatic N) is 4. The molecule has 8 atom stereocenters. The summed E-state index contributed by atoms with van der Waals surface area (Å²) in [6.45, 7) is 23.3. The summed E-state index contributed by atoms with van der Waals surface area (Å²) in [5, 5.41) is 0. The van der Waals surface area contributed by atoms with Gasteiger partial charge in [-0.15, -0.1) is 0 Å². The molecule has 8 unspecified atom stereocenters. The molecule has 1 aromatic rings. The lowest BCUT2D eigenvalue weighted by molar-refractivity contribution is -0.173. The van der Waals surface area contributed by atoms with Crippen LogP contribution in [0.25, 0.3) is 0 Å². The van der Waals surface area contributed by atoms with Crippen molar-refractivity contribution in [1.29, 1.82) is 0 Å². The van der Waals surface area contributed by atoms with Crippen molar-refractivity contribution in [2.75, 3.05) is 28.2 Å². The number of benzene rings is 1. The summed E-state index contributed by atoms with van der Waals surface area (Å²) in [7, 11) is 5.70. The summed E-state index contributed by atoms with van der Waals surface area (Å²) in [5.41, 5.74) is 0.672. The summed E-state index contributed by atoms with van der Waals surface area (Å²) in [5.74, 6) is -6.83. The zero-order chi connectivity index (χ0) is 49.3. The van der Waals surface area contributed by atoms with Crippen LogP contribution in [0.5, 0.6) is 0 Å². The average Bonchev–Trinajstić information content (AvgIpc) is 3.23. The van der Waals surface area contributed by atoms with Crippen molar-refractivity contribution in [3.05, 3.63) is 35.9 Å². The number of ether oxygens (including phenoxy) is 3. The molecule has 1 aliphatic rings. The SMILES string of the molecule is CC.CC(C)CC1C(=O)OC(Cc2ccccc2)C(=O)N(C)C(CC(C)C)C(=O)OC(C)C(=O)N(C)C(CC(C)C)C(=O)OC(C)C(=O)N(C)C(CC(C)C)C(=O)CC(C)C(=O)N1C. The van der Waals surface area contributed by atoms with Crippen molar-refractivity contribution in [3.63, 3.8) is 0 Å². The van der Waals surface area contributed by atoms with E-state index in [0.29, 0.717) is 5.56 Å². The first-order valence-electron chi connectivity index (χ1n) is 23.0. The largest absolute Gasteiger partial charge is 0.451 e. The van der Waals surface area contributed by atoms with Gasteiger partial charge in [-0.25, -0.2) is 14.4 Å². The van der Waals surface area contributed by atoms with Crippen molar-refractivity contribution in [1.82, 2.24) is 19.6 Å². The van der Waals surface area contributed by atoms with E-state index in [-0.39, 0.29) is 68.0 Å². The molecular weight excluding hydrogens is 821 g/mol. The van der Waals surface area contributed by atoms with Gasteiger partial charge in [0.15, 0.2) is 24.1 Å². The normalized spacial score (nSPS) is 26.0. The van der Waals surface area contributed by atoms with Crippen molar-refractivity contribution in [3.8, 4) is 0 Å². The fraction of sp³-hybridized carbons (Fsp3) is 0.714. The topological polar surface area (TPSA) is 177 Å². The molecule has 1 aromatic carbocycles. The van der Waals surface area contributed by atoms with E-state index in [1.54, 1.807) is 37.3 Å². The molecule has 4 amide bonds. The van der Waals surface area contributed by atoms with Gasteiger partial charge in [0.05, 0.1) is 6.04 Å². The molecule has 362 valence electrons. The van der Waals surface area contributed by atoms with E-state index in [2.05, 4.69) is 0 Å². The Kier molecular flexibility index (Phi) is 24.0. The number of cyclic esters (lactones) is 3. The predicted octanol–water partition coefficient (Wildman–Crippen LogP) is 6.13. The molecule has 0 radical (unpaired) electrons. The summed E-state index contributed by atoms with van der Waals surface area (Å²) in [6, 6.07) is 4.42. The summed E-state index contributed by atoms with van der Waals surface area (Å²) in [4.78, 5) is 118. The zero-order valence-electron chi connectivity index (χ0n) is 41.8. The molecule has 0 saturated carbocycles. The van der Waals surface area contributed by atoms with Gasteiger partial charge in [0.2, 0.25) is 5.91 Å². The van der Waals surface area contributed by atoms with Crippen LogP contribution in [0.15, 0.2) is 30.3 Å². The number of carbonyl (C=O) groups excluding carboxylic acids is 8. The second-order valence-electron chi connectivity index (χ2n) is 18.7. The Morgan fingerprint density at radius 3 is 1.20 bits per heavy atom. The number of ketones is 1. The summed E-state index contributed by atoms with van der Waals surface area (Å²) < 4.78 is 17.5. The Morgan fingerprint density at radius 1 is 0.484 bits per heavy atom. The molecule has 2 rings (SSSR count). The van der Waals surface area contributed by atoms with E-state index >= 15 is 0 Å². The van der Waals surface area contributed by atoms with Crippen LogP contribution < -0.4 is 0 Å². The van der Waals surface area contributed by atoms with Crippen LogP contribution in [0.3, 0.4) is 0 Å². The smallest absolute Gasteiger partial charge is 0.329 e. The van der Waals surface area contributed by atoms with Gasteiger partial charge in [0.1, 0.15) is 18.1 Å². The Balaban J connectivity index is 0.0000101. The number of Topliss-reactive ketones (excluding diaryl/α,β-unsaturated/α-hetero) is 1. The van der Waals surface area contributed by atoms with E-state index in [1.807, 2.05) is 69.2 Å². The third-order valence-electron chi connectivity index (χ3n) is 11.2. The van der Waals surface area contributed by atoms with Gasteiger partial charge in [-0.05, 0) is 68.8 Å². The number of carbonyl (C=O) groups is 8. The predicted molar refractivity (Wildman–Crippen MR) is 245 cm³/mol. The van der Waals surface area contributed by atoms with Gasteiger partial charge in [0, 0.05) is 47.0 Å². The Hall–Kier alpha value is -4.82. The average molecular weight is 901 g/mol. The first kappa shape index (κ1) is 57.2. The molecule has 0 aliphatic carbocycles. The number of hydrogen-bond donors (Lipinski definition) is 0. The molecule has 15 heteroatoms. The highest BCUT2D eigenvalue weighted by Crippen LogP contribution is 2.24.